The van der Waals surface area contributed by atoms with Crippen molar-refractivity contribution < 1.29 is 18.3 Å². The van der Waals surface area contributed by atoms with Crippen LogP contribution in [0.4, 0.5) is 14.7 Å². The second-order valence-electron chi connectivity index (χ2n) is 11.0. The van der Waals surface area contributed by atoms with Crippen LogP contribution >= 0.6 is 0 Å². The van der Waals surface area contributed by atoms with Gasteiger partial charge >= 0.3 is 6.61 Å². The fourth-order valence-electron chi connectivity index (χ4n) is 5.64. The first-order valence-electron chi connectivity index (χ1n) is 14.1. The van der Waals surface area contributed by atoms with Crippen LogP contribution in [-0.4, -0.2) is 62.4 Å². The number of alkyl halides is 2. The Morgan fingerprint density at radius 2 is 1.88 bits per heavy atom. The number of hydrogen-bond acceptors (Lipinski definition) is 7. The number of hydrogen-bond donors (Lipinski definition) is 0. The Hall–Kier alpha value is -4.79. The lowest BCUT2D eigenvalue weighted by Gasteiger charge is -2.39. The predicted molar refractivity (Wildman–Crippen MR) is 158 cm³/mol. The van der Waals surface area contributed by atoms with Gasteiger partial charge in [-0.1, -0.05) is 18.2 Å². The van der Waals surface area contributed by atoms with Crippen molar-refractivity contribution in [1.82, 2.24) is 24.2 Å². The lowest BCUT2D eigenvalue weighted by atomic mass is 10.00. The number of piperazine rings is 1. The molecule has 0 aliphatic carbocycles. The number of carbonyl (C=O) groups excluding carboxylic acids is 1. The zero-order valence-electron chi connectivity index (χ0n) is 24.5. The Bertz CT molecular complexity index is 1740. The number of nitrogens with zero attached hydrogens (tertiary/aromatic N) is 7. The number of nitriles is 1. The van der Waals surface area contributed by atoms with Crippen molar-refractivity contribution in [2.45, 2.75) is 46.4 Å². The second kappa shape index (κ2) is 12.2. The average Bonchev–Trinajstić information content (AvgIpc) is 3.22. The Morgan fingerprint density at radius 3 is 2.53 bits per heavy atom. The van der Waals surface area contributed by atoms with E-state index in [0.29, 0.717) is 48.5 Å². The molecule has 1 fully saturated rings. The minimum absolute atomic E-state index is 0.0104. The van der Waals surface area contributed by atoms with Gasteiger partial charge in [0, 0.05) is 69.1 Å². The molecular formula is C31H33F2N7O3. The molecule has 2 atom stereocenters. The van der Waals surface area contributed by atoms with Gasteiger partial charge < -0.3 is 14.5 Å². The van der Waals surface area contributed by atoms with E-state index in [1.165, 1.54) is 10.7 Å². The maximum atomic E-state index is 13.2. The molecule has 1 saturated heterocycles. The molecule has 5 rings (SSSR count). The van der Waals surface area contributed by atoms with Gasteiger partial charge in [0.25, 0.3) is 5.56 Å². The Morgan fingerprint density at radius 1 is 1.14 bits per heavy atom. The smallest absolute Gasteiger partial charge is 0.387 e. The summed E-state index contributed by atoms with van der Waals surface area (Å²) in [7, 11) is 1.63. The summed E-state index contributed by atoms with van der Waals surface area (Å²) in [5.41, 5.74) is 3.20. The third kappa shape index (κ3) is 6.21. The number of ether oxygens (including phenoxy) is 1. The molecule has 0 bridgehead atoms. The Balaban J connectivity index is 1.46. The molecule has 224 valence electrons. The van der Waals surface area contributed by atoms with Crippen molar-refractivity contribution in [3.05, 3.63) is 70.3 Å². The van der Waals surface area contributed by atoms with E-state index < -0.39 is 6.61 Å². The molecule has 1 aliphatic heterocycles. The van der Waals surface area contributed by atoms with Gasteiger partial charge in [0.05, 0.1) is 23.5 Å². The van der Waals surface area contributed by atoms with Gasteiger partial charge in [0.2, 0.25) is 11.9 Å². The molecule has 0 radical (unpaired) electrons. The van der Waals surface area contributed by atoms with Gasteiger partial charge in [-0.2, -0.15) is 14.0 Å². The third-order valence-corrected chi connectivity index (χ3v) is 7.87. The topological polar surface area (TPSA) is 109 Å². The summed E-state index contributed by atoms with van der Waals surface area (Å²) in [6.07, 6.45) is 3.91. The lowest BCUT2D eigenvalue weighted by molar-refractivity contribution is -0.131. The van der Waals surface area contributed by atoms with Crippen LogP contribution in [0.5, 0.6) is 5.75 Å². The molecule has 1 aliphatic rings. The number of amides is 1. The number of halogens is 2. The summed E-state index contributed by atoms with van der Waals surface area (Å²) in [6, 6.07) is 12.6. The summed E-state index contributed by atoms with van der Waals surface area (Å²) in [5.74, 6) is 0.387. The van der Waals surface area contributed by atoms with E-state index in [1.54, 1.807) is 56.2 Å². The molecule has 12 heteroatoms. The highest BCUT2D eigenvalue weighted by atomic mass is 19.3. The molecule has 0 N–H and O–H groups in total. The van der Waals surface area contributed by atoms with E-state index >= 15 is 0 Å². The third-order valence-electron chi connectivity index (χ3n) is 7.87. The van der Waals surface area contributed by atoms with Crippen LogP contribution in [0.2, 0.25) is 0 Å². The number of aromatic nitrogens is 4. The first-order chi connectivity index (χ1) is 20.5. The highest BCUT2D eigenvalue weighted by Crippen LogP contribution is 2.28. The fraction of sp³-hybridized carbons (Fsp3) is 0.387. The first-order valence-corrected chi connectivity index (χ1v) is 14.1. The summed E-state index contributed by atoms with van der Waals surface area (Å²) in [4.78, 5) is 38.0. The Labute approximate surface area is 247 Å². The van der Waals surface area contributed by atoms with E-state index in [-0.39, 0.29) is 35.7 Å². The summed E-state index contributed by atoms with van der Waals surface area (Å²) in [5, 5.41) is 9.71. The molecular weight excluding hydrogens is 556 g/mol. The molecule has 10 nitrogen and oxygen atoms in total. The zero-order valence-corrected chi connectivity index (χ0v) is 24.5. The van der Waals surface area contributed by atoms with Gasteiger partial charge in [0.15, 0.2) is 0 Å². The second-order valence-corrected chi connectivity index (χ2v) is 11.0. The van der Waals surface area contributed by atoms with Crippen molar-refractivity contribution in [2.75, 3.05) is 24.5 Å². The molecule has 3 heterocycles. The highest BCUT2D eigenvalue weighted by Gasteiger charge is 2.26. The van der Waals surface area contributed by atoms with Crippen LogP contribution in [0.3, 0.4) is 0 Å². The van der Waals surface area contributed by atoms with E-state index in [1.807, 2.05) is 24.0 Å². The number of benzene rings is 2. The quantitative estimate of drug-likeness (QED) is 0.303. The monoisotopic (exact) mass is 589 g/mol. The van der Waals surface area contributed by atoms with E-state index in [9.17, 15) is 23.6 Å². The maximum Gasteiger partial charge on any atom is 0.387 e. The molecule has 2 aromatic heterocycles. The van der Waals surface area contributed by atoms with Gasteiger partial charge in [0.1, 0.15) is 5.75 Å². The molecule has 1 unspecified atom stereocenters. The predicted octanol–water partition coefficient (Wildman–Crippen LogP) is 4.21. The van der Waals surface area contributed by atoms with Crippen molar-refractivity contribution >= 4 is 22.8 Å². The molecule has 43 heavy (non-hydrogen) atoms. The van der Waals surface area contributed by atoms with Crippen LogP contribution in [-0.2, 0) is 24.8 Å². The molecule has 4 aromatic rings. The molecule has 0 spiro atoms. The van der Waals surface area contributed by atoms with E-state index in [2.05, 4.69) is 20.9 Å². The van der Waals surface area contributed by atoms with E-state index in [4.69, 9.17) is 4.74 Å². The summed E-state index contributed by atoms with van der Waals surface area (Å²) in [6.45, 7) is 4.33. The number of carbonyl (C=O) groups is 1. The van der Waals surface area contributed by atoms with Crippen molar-refractivity contribution in [3.8, 4) is 22.9 Å². The van der Waals surface area contributed by atoms with Crippen LogP contribution in [0.15, 0.2) is 53.6 Å². The number of rotatable bonds is 8. The zero-order chi connectivity index (χ0) is 30.8. The molecule has 2 aromatic carbocycles. The number of fused-ring (bicyclic) bond motifs is 1. The van der Waals surface area contributed by atoms with Crippen molar-refractivity contribution in [1.29, 1.82) is 5.26 Å². The highest BCUT2D eigenvalue weighted by molar-refractivity contribution is 5.84. The SMILES string of the molecule is CC(=O)N1CCN(c2ncc(-c3ccc4c(=O)n(C)n(Cc5cc(CC(C)C#N)ccc5OC(F)F)c4c3)cn2)C[C@H]1C. The van der Waals surface area contributed by atoms with Gasteiger partial charge in [-0.3, -0.25) is 19.0 Å². The maximum absolute atomic E-state index is 13.2. The largest absolute Gasteiger partial charge is 0.434 e. The van der Waals surface area contributed by atoms with Crippen LogP contribution < -0.4 is 15.2 Å². The normalized spacial score (nSPS) is 16.0. The van der Waals surface area contributed by atoms with Crippen LogP contribution in [0, 0.1) is 17.2 Å². The first kappa shape index (κ1) is 29.7. The fourth-order valence-corrected chi connectivity index (χ4v) is 5.64. The van der Waals surface area contributed by atoms with Crippen molar-refractivity contribution in [3.63, 3.8) is 0 Å². The summed E-state index contributed by atoms with van der Waals surface area (Å²) < 4.78 is 34.5. The lowest BCUT2D eigenvalue weighted by Crippen LogP contribution is -2.53. The average molecular weight is 590 g/mol. The number of anilines is 1. The van der Waals surface area contributed by atoms with Crippen LogP contribution in [0.25, 0.3) is 22.0 Å². The Kier molecular flexibility index (Phi) is 8.43. The molecule has 0 saturated carbocycles. The minimum atomic E-state index is -3.01. The minimum Gasteiger partial charge on any atom is -0.434 e. The van der Waals surface area contributed by atoms with Crippen molar-refractivity contribution in [2.24, 2.45) is 13.0 Å². The molecule has 1 amide bonds. The van der Waals surface area contributed by atoms with Gasteiger partial charge in [-0.15, -0.1) is 0 Å². The standard InChI is InChI=1S/C31H33F2N7O3/c1-19(14-34)11-22-5-8-28(43-30(32)33)24(12-22)18-40-27-13-23(6-7-26(27)29(42)37(40)4)25-15-35-31(36-16-25)38-9-10-39(21(3)41)20(2)17-38/h5-8,12-13,15-16,19-20,30H,9-11,17-18H2,1-4H3/t19?,20-/m1/s1. The van der Waals surface area contributed by atoms with E-state index in [0.717, 1.165) is 16.7 Å². The summed E-state index contributed by atoms with van der Waals surface area (Å²) >= 11 is 0. The van der Waals surface area contributed by atoms with Gasteiger partial charge in [-0.05, 0) is 49.6 Å². The van der Waals surface area contributed by atoms with Crippen LogP contribution in [0.1, 0.15) is 31.9 Å². The van der Waals surface area contributed by atoms with Gasteiger partial charge in [-0.25, -0.2) is 9.97 Å².